The molecule has 0 aromatic heterocycles. The number of nitrogens with zero attached hydrogens (tertiary/aromatic N) is 1. The van der Waals surface area contributed by atoms with Crippen molar-refractivity contribution in [2.24, 2.45) is 0 Å². The van der Waals surface area contributed by atoms with Crippen LogP contribution >= 0.6 is 0 Å². The SMILES string of the molecule is CCc1ccccc1NC(=O)[C@H]1CCC(=O)N1S(=O)(=O)c1ccc(F)cc1. The van der Waals surface area contributed by atoms with Crippen LogP contribution in [0.25, 0.3) is 0 Å². The Morgan fingerprint density at radius 2 is 1.85 bits per heavy atom. The lowest BCUT2D eigenvalue weighted by Crippen LogP contribution is -2.45. The summed E-state index contributed by atoms with van der Waals surface area (Å²) in [6.45, 7) is 1.94. The van der Waals surface area contributed by atoms with Gasteiger partial charge in [0, 0.05) is 12.1 Å². The molecule has 0 spiro atoms. The number of anilines is 1. The van der Waals surface area contributed by atoms with E-state index in [1.807, 2.05) is 19.1 Å². The Morgan fingerprint density at radius 3 is 2.52 bits per heavy atom. The van der Waals surface area contributed by atoms with Crippen molar-refractivity contribution in [1.82, 2.24) is 4.31 Å². The number of hydrogen-bond acceptors (Lipinski definition) is 4. The number of hydrogen-bond donors (Lipinski definition) is 1. The van der Waals surface area contributed by atoms with Gasteiger partial charge in [-0.15, -0.1) is 0 Å². The third kappa shape index (κ3) is 3.71. The molecule has 1 aliphatic rings. The molecule has 2 aromatic carbocycles. The lowest BCUT2D eigenvalue weighted by Gasteiger charge is -2.24. The molecule has 1 atom stereocenters. The van der Waals surface area contributed by atoms with Crippen LogP contribution < -0.4 is 5.32 Å². The number of para-hydroxylation sites is 1. The summed E-state index contributed by atoms with van der Waals surface area (Å²) in [7, 11) is -4.25. The van der Waals surface area contributed by atoms with Crippen LogP contribution in [0.5, 0.6) is 0 Å². The topological polar surface area (TPSA) is 83.6 Å². The highest BCUT2D eigenvalue weighted by molar-refractivity contribution is 7.89. The van der Waals surface area contributed by atoms with E-state index in [9.17, 15) is 22.4 Å². The van der Waals surface area contributed by atoms with E-state index in [1.165, 1.54) is 0 Å². The second-order valence-corrected chi connectivity index (χ2v) is 8.02. The number of halogens is 1. The van der Waals surface area contributed by atoms with E-state index >= 15 is 0 Å². The predicted octanol–water partition coefficient (Wildman–Crippen LogP) is 2.71. The van der Waals surface area contributed by atoms with Crippen LogP contribution in [0.1, 0.15) is 25.3 Å². The Morgan fingerprint density at radius 1 is 1.19 bits per heavy atom. The maximum Gasteiger partial charge on any atom is 0.267 e. The molecular formula is C19H19FN2O4S. The molecule has 1 N–H and O–H groups in total. The van der Waals surface area contributed by atoms with E-state index in [2.05, 4.69) is 5.32 Å². The summed E-state index contributed by atoms with van der Waals surface area (Å²) in [6.07, 6.45) is 0.741. The van der Waals surface area contributed by atoms with Gasteiger partial charge in [0.1, 0.15) is 11.9 Å². The zero-order valence-corrected chi connectivity index (χ0v) is 15.5. The summed E-state index contributed by atoms with van der Waals surface area (Å²) in [5, 5.41) is 2.73. The average Bonchev–Trinajstić information content (AvgIpc) is 3.05. The van der Waals surface area contributed by atoms with Gasteiger partial charge >= 0.3 is 0 Å². The van der Waals surface area contributed by atoms with Crippen molar-refractivity contribution in [3.63, 3.8) is 0 Å². The molecule has 1 aliphatic heterocycles. The molecule has 1 heterocycles. The molecule has 0 bridgehead atoms. The third-order valence-corrected chi connectivity index (χ3v) is 6.33. The summed E-state index contributed by atoms with van der Waals surface area (Å²) < 4.78 is 39.4. The van der Waals surface area contributed by atoms with Gasteiger partial charge in [-0.05, 0) is 48.7 Å². The molecule has 2 aromatic rings. The van der Waals surface area contributed by atoms with Crippen LogP contribution in [0, 0.1) is 5.82 Å². The summed E-state index contributed by atoms with van der Waals surface area (Å²) in [5.74, 6) is -1.80. The van der Waals surface area contributed by atoms with Crippen molar-refractivity contribution < 1.29 is 22.4 Å². The summed E-state index contributed by atoms with van der Waals surface area (Å²) >= 11 is 0. The van der Waals surface area contributed by atoms with E-state index in [0.717, 1.165) is 29.8 Å². The first kappa shape index (κ1) is 19.0. The molecule has 1 saturated heterocycles. The van der Waals surface area contributed by atoms with Crippen LogP contribution in [0.3, 0.4) is 0 Å². The van der Waals surface area contributed by atoms with E-state index in [0.29, 0.717) is 16.4 Å². The van der Waals surface area contributed by atoms with Crippen LogP contribution in [0.15, 0.2) is 53.4 Å². The van der Waals surface area contributed by atoms with E-state index < -0.39 is 33.7 Å². The highest BCUT2D eigenvalue weighted by Gasteiger charge is 2.44. The van der Waals surface area contributed by atoms with Gasteiger partial charge in [0.15, 0.2) is 0 Å². The lowest BCUT2D eigenvalue weighted by molar-refractivity contribution is -0.128. The number of carbonyl (C=O) groups is 2. The van der Waals surface area contributed by atoms with Crippen LogP contribution in [0.2, 0.25) is 0 Å². The Kier molecular flexibility index (Phi) is 5.27. The molecule has 0 saturated carbocycles. The maximum atomic E-state index is 13.1. The first-order valence-corrected chi connectivity index (χ1v) is 10.00. The first-order valence-electron chi connectivity index (χ1n) is 8.56. The molecule has 0 radical (unpaired) electrons. The minimum absolute atomic E-state index is 0.0477. The van der Waals surface area contributed by atoms with E-state index in [1.54, 1.807) is 12.1 Å². The number of benzene rings is 2. The van der Waals surface area contributed by atoms with Crippen LogP contribution in [-0.2, 0) is 26.0 Å². The van der Waals surface area contributed by atoms with Crippen molar-refractivity contribution in [3.05, 3.63) is 59.9 Å². The Hall–Kier alpha value is -2.74. The Bertz CT molecular complexity index is 973. The van der Waals surface area contributed by atoms with Crippen molar-refractivity contribution >= 4 is 27.5 Å². The van der Waals surface area contributed by atoms with Gasteiger partial charge in [0.05, 0.1) is 4.90 Å². The number of carbonyl (C=O) groups excluding carboxylic acids is 2. The minimum Gasteiger partial charge on any atom is -0.324 e. The van der Waals surface area contributed by atoms with Gasteiger partial charge in [-0.2, -0.15) is 0 Å². The molecule has 0 unspecified atom stereocenters. The molecule has 0 aliphatic carbocycles. The van der Waals surface area contributed by atoms with Crippen molar-refractivity contribution in [2.75, 3.05) is 5.32 Å². The molecule has 6 nitrogen and oxygen atoms in total. The standard InChI is InChI=1S/C19H19FN2O4S/c1-2-13-5-3-4-6-16(13)21-19(24)17-11-12-18(23)22(17)27(25,26)15-9-7-14(20)8-10-15/h3-10,17H,2,11-12H2,1H3,(H,21,24)/t17-/m1/s1. The number of sulfonamides is 1. The highest BCUT2D eigenvalue weighted by atomic mass is 32.2. The van der Waals surface area contributed by atoms with Crippen LogP contribution in [-0.4, -0.2) is 30.6 Å². The van der Waals surface area contributed by atoms with Gasteiger partial charge in [-0.25, -0.2) is 17.1 Å². The average molecular weight is 390 g/mol. The summed E-state index contributed by atoms with van der Waals surface area (Å²) in [6, 6.07) is 10.2. The molecule has 3 rings (SSSR count). The molecule has 27 heavy (non-hydrogen) atoms. The molecule has 142 valence electrons. The molecule has 8 heteroatoms. The fourth-order valence-electron chi connectivity index (χ4n) is 3.09. The fraction of sp³-hybridized carbons (Fsp3) is 0.263. The summed E-state index contributed by atoms with van der Waals surface area (Å²) in [4.78, 5) is 24.8. The van der Waals surface area contributed by atoms with Gasteiger partial charge in [-0.3, -0.25) is 9.59 Å². The number of aryl methyl sites for hydroxylation is 1. The number of nitrogens with one attached hydrogen (secondary N) is 1. The fourth-order valence-corrected chi connectivity index (χ4v) is 4.69. The smallest absolute Gasteiger partial charge is 0.267 e. The monoisotopic (exact) mass is 390 g/mol. The zero-order chi connectivity index (χ0) is 19.6. The van der Waals surface area contributed by atoms with Crippen molar-refractivity contribution in [2.45, 2.75) is 37.1 Å². The van der Waals surface area contributed by atoms with Gasteiger partial charge in [-0.1, -0.05) is 25.1 Å². The van der Waals surface area contributed by atoms with Crippen molar-refractivity contribution in [3.8, 4) is 0 Å². The summed E-state index contributed by atoms with van der Waals surface area (Å²) in [5.41, 5.74) is 1.49. The van der Waals surface area contributed by atoms with Crippen LogP contribution in [0.4, 0.5) is 10.1 Å². The Balaban J connectivity index is 1.89. The Labute approximate surface area is 157 Å². The third-order valence-electron chi connectivity index (χ3n) is 4.49. The molecule has 2 amide bonds. The number of amides is 2. The molecular weight excluding hydrogens is 371 g/mol. The lowest BCUT2D eigenvalue weighted by atomic mass is 10.1. The predicted molar refractivity (Wildman–Crippen MR) is 97.9 cm³/mol. The largest absolute Gasteiger partial charge is 0.324 e. The normalized spacial score (nSPS) is 17.2. The first-order chi connectivity index (χ1) is 12.8. The second-order valence-electron chi connectivity index (χ2n) is 6.20. The van der Waals surface area contributed by atoms with Crippen molar-refractivity contribution in [1.29, 1.82) is 0 Å². The molecule has 1 fully saturated rings. The second kappa shape index (κ2) is 7.48. The van der Waals surface area contributed by atoms with E-state index in [-0.39, 0.29) is 17.7 Å². The zero-order valence-electron chi connectivity index (χ0n) is 14.7. The highest BCUT2D eigenvalue weighted by Crippen LogP contribution is 2.28. The quantitative estimate of drug-likeness (QED) is 0.851. The van der Waals surface area contributed by atoms with Gasteiger partial charge < -0.3 is 5.32 Å². The van der Waals surface area contributed by atoms with Gasteiger partial charge in [0.2, 0.25) is 11.8 Å². The number of rotatable bonds is 5. The minimum atomic E-state index is -4.25. The maximum absolute atomic E-state index is 13.1. The van der Waals surface area contributed by atoms with Gasteiger partial charge in [0.25, 0.3) is 10.0 Å². The van der Waals surface area contributed by atoms with E-state index in [4.69, 9.17) is 0 Å².